The summed E-state index contributed by atoms with van der Waals surface area (Å²) in [6.45, 7) is 1.12. The van der Waals surface area contributed by atoms with E-state index >= 15 is 0 Å². The number of hydrogen-bond acceptors (Lipinski definition) is 2. The second-order valence-corrected chi connectivity index (χ2v) is 4.63. The number of hydrogen-bond donors (Lipinski definition) is 0. The third-order valence-electron chi connectivity index (χ3n) is 2.81. The molecule has 1 aromatic rings. The van der Waals surface area contributed by atoms with Crippen LogP contribution in [0.2, 0.25) is 5.02 Å². The molecular weight excluding hydrogens is 312 g/mol. The molecule has 0 bridgehead atoms. The van der Waals surface area contributed by atoms with Crippen molar-refractivity contribution in [2.45, 2.75) is 19.0 Å². The zero-order valence-corrected chi connectivity index (χ0v) is 12.0. The van der Waals surface area contributed by atoms with Crippen LogP contribution < -0.4 is 0 Å². The van der Waals surface area contributed by atoms with Gasteiger partial charge in [-0.2, -0.15) is 13.2 Å². The van der Waals surface area contributed by atoms with Crippen LogP contribution in [0.5, 0.6) is 0 Å². The van der Waals surface area contributed by atoms with Crippen molar-refractivity contribution in [3.63, 3.8) is 0 Å². The minimum absolute atomic E-state index is 0. The fourth-order valence-corrected chi connectivity index (χ4v) is 2.11. The van der Waals surface area contributed by atoms with Crippen molar-refractivity contribution in [1.29, 1.82) is 0 Å². The van der Waals surface area contributed by atoms with Crippen molar-refractivity contribution in [2.24, 2.45) is 9.98 Å². The van der Waals surface area contributed by atoms with E-state index in [1.165, 1.54) is 18.3 Å². The van der Waals surface area contributed by atoms with Gasteiger partial charge < -0.3 is 0 Å². The molecule has 1 aliphatic rings. The average molecular weight is 325 g/mol. The lowest BCUT2D eigenvalue weighted by molar-refractivity contribution is -0.137. The number of aliphatic imine (C=N–C) groups is 2. The number of benzene rings is 1. The van der Waals surface area contributed by atoms with Crippen LogP contribution in [0.4, 0.5) is 13.2 Å². The summed E-state index contributed by atoms with van der Waals surface area (Å²) in [6, 6.07) is 3.70. The molecular formula is C13H13Cl2F3N2. The maximum absolute atomic E-state index is 12.8. The zero-order valence-electron chi connectivity index (χ0n) is 10.5. The Morgan fingerprint density at radius 3 is 2.70 bits per heavy atom. The Morgan fingerprint density at radius 1 is 1.35 bits per heavy atom. The molecule has 0 radical (unpaired) electrons. The zero-order chi connectivity index (χ0) is 13.9. The van der Waals surface area contributed by atoms with Gasteiger partial charge >= 0.3 is 6.18 Å². The second kappa shape index (κ2) is 7.09. The standard InChI is InChI=1S/C13H12ClF3N2.ClH/c14-12-5-1-4-11(13(15,16)17)10(12)8-18-7-9-3-2-6-19-9;/h1,4-5,8H,2-3,6-7H2;1H. The van der Waals surface area contributed by atoms with Gasteiger partial charge in [-0.3, -0.25) is 9.98 Å². The number of halogens is 5. The van der Waals surface area contributed by atoms with Crippen molar-refractivity contribution in [1.82, 2.24) is 0 Å². The Morgan fingerprint density at radius 2 is 2.10 bits per heavy atom. The van der Waals surface area contributed by atoms with E-state index in [-0.39, 0.29) is 23.0 Å². The lowest BCUT2D eigenvalue weighted by Crippen LogP contribution is -2.09. The maximum Gasteiger partial charge on any atom is 0.417 e. The van der Waals surface area contributed by atoms with Crippen molar-refractivity contribution in [2.75, 3.05) is 13.1 Å². The highest BCUT2D eigenvalue weighted by molar-refractivity contribution is 6.33. The van der Waals surface area contributed by atoms with Gasteiger partial charge in [0.15, 0.2) is 0 Å². The van der Waals surface area contributed by atoms with Gasteiger partial charge in [0.05, 0.1) is 12.1 Å². The van der Waals surface area contributed by atoms with Gasteiger partial charge in [0.25, 0.3) is 0 Å². The molecule has 0 aliphatic carbocycles. The fourth-order valence-electron chi connectivity index (χ4n) is 1.89. The van der Waals surface area contributed by atoms with Gasteiger partial charge in [0, 0.05) is 29.1 Å². The summed E-state index contributed by atoms with van der Waals surface area (Å²) in [6.07, 6.45) is -1.39. The summed E-state index contributed by atoms with van der Waals surface area (Å²) in [5.74, 6) is 0. The quantitative estimate of drug-likeness (QED) is 0.734. The van der Waals surface area contributed by atoms with E-state index in [1.807, 2.05) is 0 Å². The SMILES string of the molecule is Cl.FC(F)(F)c1cccc(Cl)c1C=NCC1=NCCC1. The summed E-state index contributed by atoms with van der Waals surface area (Å²) in [4.78, 5) is 8.23. The lowest BCUT2D eigenvalue weighted by Gasteiger charge is -2.10. The fraction of sp³-hybridized carbons (Fsp3) is 0.385. The van der Waals surface area contributed by atoms with E-state index in [2.05, 4.69) is 9.98 Å². The Labute approximate surface area is 126 Å². The van der Waals surface area contributed by atoms with Crippen LogP contribution in [0.15, 0.2) is 28.2 Å². The Balaban J connectivity index is 0.00000200. The molecule has 0 amide bonds. The van der Waals surface area contributed by atoms with E-state index in [0.29, 0.717) is 6.54 Å². The molecule has 1 aromatic carbocycles. The van der Waals surface area contributed by atoms with E-state index in [0.717, 1.165) is 31.2 Å². The molecule has 0 unspecified atom stereocenters. The van der Waals surface area contributed by atoms with E-state index in [1.54, 1.807) is 0 Å². The molecule has 1 aliphatic heterocycles. The Bertz CT molecular complexity index is 525. The molecule has 2 nitrogen and oxygen atoms in total. The van der Waals surface area contributed by atoms with Crippen LogP contribution in [0.1, 0.15) is 24.0 Å². The highest BCUT2D eigenvalue weighted by Crippen LogP contribution is 2.34. The van der Waals surface area contributed by atoms with Crippen molar-refractivity contribution < 1.29 is 13.2 Å². The number of alkyl halides is 3. The molecule has 2 rings (SSSR count). The van der Waals surface area contributed by atoms with Crippen LogP contribution in [-0.4, -0.2) is 25.0 Å². The lowest BCUT2D eigenvalue weighted by atomic mass is 10.1. The monoisotopic (exact) mass is 324 g/mol. The summed E-state index contributed by atoms with van der Waals surface area (Å²) < 4.78 is 38.4. The summed E-state index contributed by atoms with van der Waals surface area (Å²) in [7, 11) is 0. The summed E-state index contributed by atoms with van der Waals surface area (Å²) in [5.41, 5.74) is 0.0734. The van der Waals surface area contributed by atoms with Gasteiger partial charge in [0.2, 0.25) is 0 Å². The third-order valence-corrected chi connectivity index (χ3v) is 3.14. The van der Waals surface area contributed by atoms with Gasteiger partial charge in [-0.05, 0) is 25.0 Å². The van der Waals surface area contributed by atoms with E-state index < -0.39 is 11.7 Å². The van der Waals surface area contributed by atoms with Crippen molar-refractivity contribution in [3.05, 3.63) is 34.3 Å². The minimum atomic E-state index is -4.43. The first kappa shape index (κ1) is 17.0. The van der Waals surface area contributed by atoms with Gasteiger partial charge in [-0.1, -0.05) is 17.7 Å². The third kappa shape index (κ3) is 4.21. The summed E-state index contributed by atoms with van der Waals surface area (Å²) >= 11 is 5.81. The highest BCUT2D eigenvalue weighted by atomic mass is 35.5. The van der Waals surface area contributed by atoms with Crippen molar-refractivity contribution >= 4 is 35.9 Å². The molecule has 0 saturated heterocycles. The molecule has 0 saturated carbocycles. The van der Waals surface area contributed by atoms with Gasteiger partial charge in [-0.25, -0.2) is 0 Å². The van der Waals surface area contributed by atoms with Crippen LogP contribution in [-0.2, 0) is 6.18 Å². The second-order valence-electron chi connectivity index (χ2n) is 4.22. The predicted molar refractivity (Wildman–Crippen MR) is 77.7 cm³/mol. The number of nitrogens with zero attached hydrogens (tertiary/aromatic N) is 2. The normalized spacial score (nSPS) is 15.3. The topological polar surface area (TPSA) is 24.7 Å². The highest BCUT2D eigenvalue weighted by Gasteiger charge is 2.33. The van der Waals surface area contributed by atoms with Crippen molar-refractivity contribution in [3.8, 4) is 0 Å². The van der Waals surface area contributed by atoms with Gasteiger partial charge in [-0.15, -0.1) is 12.4 Å². The van der Waals surface area contributed by atoms with E-state index in [9.17, 15) is 13.2 Å². The predicted octanol–water partition coefficient (Wildman–Crippen LogP) is 4.43. The smallest absolute Gasteiger partial charge is 0.292 e. The summed E-state index contributed by atoms with van der Waals surface area (Å²) in [5, 5.41) is 0.0481. The molecule has 20 heavy (non-hydrogen) atoms. The Kier molecular flexibility index (Phi) is 6.02. The largest absolute Gasteiger partial charge is 0.417 e. The molecule has 110 valence electrons. The average Bonchev–Trinajstić information content (AvgIpc) is 2.82. The van der Waals surface area contributed by atoms with Crippen LogP contribution in [0, 0.1) is 0 Å². The first-order valence-corrected chi connectivity index (χ1v) is 6.24. The maximum atomic E-state index is 12.8. The first-order chi connectivity index (χ1) is 8.98. The first-order valence-electron chi connectivity index (χ1n) is 5.86. The Hall–Kier alpha value is -1.07. The van der Waals surface area contributed by atoms with Crippen LogP contribution >= 0.6 is 24.0 Å². The van der Waals surface area contributed by atoms with E-state index in [4.69, 9.17) is 11.6 Å². The molecule has 0 spiro atoms. The molecule has 0 N–H and O–H groups in total. The molecule has 0 atom stereocenters. The molecule has 7 heteroatoms. The minimum Gasteiger partial charge on any atom is -0.292 e. The number of rotatable bonds is 3. The van der Waals surface area contributed by atoms with Crippen LogP contribution in [0.3, 0.4) is 0 Å². The molecule has 1 heterocycles. The van der Waals surface area contributed by atoms with Gasteiger partial charge in [0.1, 0.15) is 0 Å². The van der Waals surface area contributed by atoms with Crippen LogP contribution in [0.25, 0.3) is 0 Å². The molecule has 0 aromatic heterocycles. The molecule has 0 fully saturated rings.